The molecule has 0 saturated heterocycles. The van der Waals surface area contributed by atoms with Crippen LogP contribution >= 0.6 is 0 Å². The Balaban J connectivity index is 5.41. The van der Waals surface area contributed by atoms with E-state index >= 15 is 0 Å². The van der Waals surface area contributed by atoms with Gasteiger partial charge in [-0.15, -0.1) is 0 Å². The van der Waals surface area contributed by atoms with Gasteiger partial charge in [-0.2, -0.15) is 0 Å². The van der Waals surface area contributed by atoms with Crippen LogP contribution in [0.1, 0.15) is 13.8 Å². The van der Waals surface area contributed by atoms with Crippen LogP contribution in [0.15, 0.2) is 60.4 Å². The zero-order valence-corrected chi connectivity index (χ0v) is 9.29. The van der Waals surface area contributed by atoms with Crippen LogP contribution in [-0.2, 0) is 4.79 Å². The lowest BCUT2D eigenvalue weighted by Crippen LogP contribution is -2.12. The zero-order chi connectivity index (χ0) is 11.7. The second-order valence-electron chi connectivity index (χ2n) is 2.74. The highest BCUT2D eigenvalue weighted by atomic mass is 16.1. The third kappa shape index (κ3) is 3.81. The minimum atomic E-state index is 0.648. The molecule has 2 nitrogen and oxygen atoms in total. The number of nitrogens with one attached hydrogen (secondary N) is 1. The monoisotopic (exact) mass is 203 g/mol. The van der Waals surface area contributed by atoms with E-state index in [0.717, 1.165) is 16.8 Å². The molecule has 0 heterocycles. The highest BCUT2D eigenvalue weighted by molar-refractivity contribution is 5.58. The van der Waals surface area contributed by atoms with Crippen LogP contribution in [0.3, 0.4) is 0 Å². The van der Waals surface area contributed by atoms with E-state index in [4.69, 9.17) is 0 Å². The topological polar surface area (TPSA) is 29.1 Å². The summed E-state index contributed by atoms with van der Waals surface area (Å²) in [6, 6.07) is 0. The van der Waals surface area contributed by atoms with Crippen molar-refractivity contribution in [3.8, 4) is 0 Å². The number of amides is 1. The fourth-order valence-corrected chi connectivity index (χ4v) is 1.21. The number of rotatable bonds is 6. The van der Waals surface area contributed by atoms with Crippen molar-refractivity contribution in [3.63, 3.8) is 0 Å². The molecule has 0 spiro atoms. The Labute approximate surface area is 91.4 Å². The summed E-state index contributed by atoms with van der Waals surface area (Å²) in [5.41, 5.74) is 2.51. The molecule has 0 saturated carbocycles. The van der Waals surface area contributed by atoms with E-state index < -0.39 is 0 Å². The molecule has 0 aliphatic carbocycles. The lowest BCUT2D eigenvalue weighted by molar-refractivity contribution is -0.108. The van der Waals surface area contributed by atoms with Gasteiger partial charge < -0.3 is 5.32 Å². The average Bonchev–Trinajstić information content (AvgIpc) is 2.27. The zero-order valence-electron chi connectivity index (χ0n) is 9.29. The fourth-order valence-electron chi connectivity index (χ4n) is 1.21. The third-order valence-corrected chi connectivity index (χ3v) is 1.87. The van der Waals surface area contributed by atoms with Gasteiger partial charge in [0.25, 0.3) is 0 Å². The Morgan fingerprint density at radius 2 is 1.87 bits per heavy atom. The summed E-state index contributed by atoms with van der Waals surface area (Å²) >= 11 is 0. The van der Waals surface area contributed by atoms with Crippen molar-refractivity contribution < 1.29 is 4.79 Å². The van der Waals surface area contributed by atoms with Gasteiger partial charge in [-0.1, -0.05) is 43.5 Å². The summed E-state index contributed by atoms with van der Waals surface area (Å²) in [6.07, 6.45) is 9.72. The Bertz CT molecular complexity index is 332. The Morgan fingerprint density at radius 1 is 1.20 bits per heavy atom. The van der Waals surface area contributed by atoms with E-state index in [1.165, 1.54) is 0 Å². The molecule has 15 heavy (non-hydrogen) atoms. The minimum Gasteiger partial charge on any atom is -0.328 e. The third-order valence-electron chi connectivity index (χ3n) is 1.87. The number of hydrogen-bond donors (Lipinski definition) is 1. The SMILES string of the molecule is C=CC(/C=C\C)=C(C=C)\C(=C/C)NC=O. The molecule has 0 aliphatic heterocycles. The molecule has 0 rings (SSSR count). The average molecular weight is 203 g/mol. The van der Waals surface area contributed by atoms with Crippen LogP contribution in [0.2, 0.25) is 0 Å². The van der Waals surface area contributed by atoms with Crippen LogP contribution in [0.4, 0.5) is 0 Å². The van der Waals surface area contributed by atoms with E-state index in [0.29, 0.717) is 6.41 Å². The van der Waals surface area contributed by atoms with Crippen molar-refractivity contribution in [2.45, 2.75) is 13.8 Å². The largest absolute Gasteiger partial charge is 0.328 e. The van der Waals surface area contributed by atoms with Crippen LogP contribution in [-0.4, -0.2) is 6.41 Å². The van der Waals surface area contributed by atoms with Crippen molar-refractivity contribution >= 4 is 6.41 Å². The normalized spacial score (nSPS) is 13.3. The van der Waals surface area contributed by atoms with Gasteiger partial charge in [-0.3, -0.25) is 4.79 Å². The smallest absolute Gasteiger partial charge is 0.211 e. The highest BCUT2D eigenvalue weighted by Crippen LogP contribution is 2.15. The number of allylic oxidation sites excluding steroid dienone is 6. The van der Waals surface area contributed by atoms with E-state index in [-0.39, 0.29) is 0 Å². The Kier molecular flexibility index (Phi) is 6.64. The first-order valence-electron chi connectivity index (χ1n) is 4.73. The van der Waals surface area contributed by atoms with Crippen molar-refractivity contribution in [1.29, 1.82) is 0 Å². The standard InChI is InChI=1S/C13H17NO/c1-5-9-11(6-2)12(7-3)13(8-4)14-10-15/h5-10H,2-3H2,1,4H3,(H,14,15)/b9-5-,12-11+,13-8+. The summed E-state index contributed by atoms with van der Waals surface area (Å²) < 4.78 is 0. The Hall–Kier alpha value is -1.83. The van der Waals surface area contributed by atoms with Crippen molar-refractivity contribution in [2.24, 2.45) is 0 Å². The summed E-state index contributed by atoms with van der Waals surface area (Å²) in [7, 11) is 0. The molecule has 0 aliphatic rings. The molecular formula is C13H17NO. The van der Waals surface area contributed by atoms with Crippen LogP contribution in [0.5, 0.6) is 0 Å². The molecule has 2 heteroatoms. The van der Waals surface area contributed by atoms with Crippen LogP contribution in [0, 0.1) is 0 Å². The van der Waals surface area contributed by atoms with E-state index in [1.807, 2.05) is 32.1 Å². The quantitative estimate of drug-likeness (QED) is 0.522. The van der Waals surface area contributed by atoms with Gasteiger partial charge >= 0.3 is 0 Å². The van der Waals surface area contributed by atoms with Crippen molar-refractivity contribution in [3.05, 3.63) is 60.4 Å². The molecule has 1 amide bonds. The molecule has 0 atom stereocenters. The molecule has 0 radical (unpaired) electrons. The van der Waals surface area contributed by atoms with Crippen molar-refractivity contribution in [2.75, 3.05) is 0 Å². The summed E-state index contributed by atoms with van der Waals surface area (Å²) in [5.74, 6) is 0. The maximum atomic E-state index is 10.4. The summed E-state index contributed by atoms with van der Waals surface area (Å²) in [4.78, 5) is 10.4. The maximum absolute atomic E-state index is 10.4. The predicted molar refractivity (Wildman–Crippen MR) is 65.2 cm³/mol. The van der Waals surface area contributed by atoms with Crippen molar-refractivity contribution in [1.82, 2.24) is 5.32 Å². The minimum absolute atomic E-state index is 0.648. The molecule has 0 aromatic rings. The maximum Gasteiger partial charge on any atom is 0.211 e. The van der Waals surface area contributed by atoms with Gasteiger partial charge in [0.2, 0.25) is 6.41 Å². The number of carbonyl (C=O) groups is 1. The summed E-state index contributed by atoms with van der Waals surface area (Å²) in [5, 5.41) is 2.63. The molecule has 1 N–H and O–H groups in total. The Morgan fingerprint density at radius 3 is 2.20 bits per heavy atom. The number of carbonyl (C=O) groups excluding carboxylic acids is 1. The first-order chi connectivity index (χ1) is 7.24. The molecule has 0 aromatic heterocycles. The molecule has 80 valence electrons. The first kappa shape index (κ1) is 13.2. The molecule has 0 fully saturated rings. The molecular weight excluding hydrogens is 186 g/mol. The van der Waals surface area contributed by atoms with Gasteiger partial charge in [-0.05, 0) is 19.4 Å². The molecule has 0 bridgehead atoms. The van der Waals surface area contributed by atoms with E-state index in [9.17, 15) is 4.79 Å². The van der Waals surface area contributed by atoms with Gasteiger partial charge in [-0.25, -0.2) is 0 Å². The molecule has 0 aromatic carbocycles. The van der Waals surface area contributed by atoms with Gasteiger partial charge in [0.05, 0.1) is 0 Å². The highest BCUT2D eigenvalue weighted by Gasteiger charge is 2.02. The van der Waals surface area contributed by atoms with E-state index in [1.54, 1.807) is 12.2 Å². The van der Waals surface area contributed by atoms with Gasteiger partial charge in [0, 0.05) is 11.3 Å². The second-order valence-corrected chi connectivity index (χ2v) is 2.74. The van der Waals surface area contributed by atoms with E-state index in [2.05, 4.69) is 18.5 Å². The first-order valence-corrected chi connectivity index (χ1v) is 4.73. The summed E-state index contributed by atoms with van der Waals surface area (Å²) in [6.45, 7) is 11.2. The van der Waals surface area contributed by atoms with Crippen LogP contribution < -0.4 is 5.32 Å². The number of hydrogen-bond acceptors (Lipinski definition) is 1. The lowest BCUT2D eigenvalue weighted by atomic mass is 10.0. The second kappa shape index (κ2) is 7.56. The lowest BCUT2D eigenvalue weighted by Gasteiger charge is -2.09. The molecule has 0 unspecified atom stereocenters. The fraction of sp³-hybridized carbons (Fsp3) is 0.154. The van der Waals surface area contributed by atoms with Gasteiger partial charge in [0.1, 0.15) is 0 Å². The van der Waals surface area contributed by atoms with Crippen LogP contribution in [0.25, 0.3) is 0 Å². The predicted octanol–water partition coefficient (Wildman–Crippen LogP) is 2.88. The van der Waals surface area contributed by atoms with Gasteiger partial charge in [0.15, 0.2) is 0 Å².